The summed E-state index contributed by atoms with van der Waals surface area (Å²) in [6.07, 6.45) is 0. The minimum Gasteiger partial charge on any atom is -0.376 e. The SMILES string of the molecule is C/C(=N/NC(=O)CNc1cccc2ccccc12)c1cccs1. The summed E-state index contributed by atoms with van der Waals surface area (Å²) in [6.45, 7) is 2.06. The fraction of sp³-hybridized carbons (Fsp3) is 0.111. The van der Waals surface area contributed by atoms with Gasteiger partial charge in [0, 0.05) is 16.0 Å². The molecule has 116 valence electrons. The maximum absolute atomic E-state index is 11.9. The van der Waals surface area contributed by atoms with E-state index in [1.54, 1.807) is 11.3 Å². The highest BCUT2D eigenvalue weighted by atomic mass is 32.1. The normalized spacial score (nSPS) is 11.4. The molecule has 3 aromatic rings. The molecule has 0 saturated carbocycles. The van der Waals surface area contributed by atoms with E-state index in [-0.39, 0.29) is 12.5 Å². The van der Waals surface area contributed by atoms with Crippen LogP contribution in [0.5, 0.6) is 0 Å². The average Bonchev–Trinajstić information content (AvgIpc) is 3.12. The average molecular weight is 323 g/mol. The number of hydrogen-bond acceptors (Lipinski definition) is 4. The van der Waals surface area contributed by atoms with Gasteiger partial charge in [-0.3, -0.25) is 4.79 Å². The summed E-state index contributed by atoms with van der Waals surface area (Å²) in [5.74, 6) is -0.172. The standard InChI is InChI=1S/C18H17N3OS/c1-13(17-10-5-11-23-17)20-21-18(22)12-19-16-9-4-7-14-6-2-3-8-15(14)16/h2-11,19H,12H2,1H3,(H,21,22)/b20-13-. The molecular formula is C18H17N3OS. The van der Waals surface area contributed by atoms with Gasteiger partial charge >= 0.3 is 0 Å². The van der Waals surface area contributed by atoms with Crippen LogP contribution in [0, 0.1) is 0 Å². The number of fused-ring (bicyclic) bond motifs is 1. The number of anilines is 1. The van der Waals surface area contributed by atoms with Crippen LogP contribution in [0.1, 0.15) is 11.8 Å². The molecular weight excluding hydrogens is 306 g/mol. The number of benzene rings is 2. The number of carbonyl (C=O) groups is 1. The van der Waals surface area contributed by atoms with Gasteiger partial charge in [0.2, 0.25) is 0 Å². The van der Waals surface area contributed by atoms with Crippen LogP contribution in [0.4, 0.5) is 5.69 Å². The maximum atomic E-state index is 11.9. The van der Waals surface area contributed by atoms with E-state index in [0.29, 0.717) is 0 Å². The second-order valence-corrected chi connectivity index (χ2v) is 6.04. The first-order chi connectivity index (χ1) is 11.2. The molecule has 0 spiro atoms. The van der Waals surface area contributed by atoms with Gasteiger partial charge in [0.05, 0.1) is 12.3 Å². The predicted molar refractivity (Wildman–Crippen MR) is 97.1 cm³/mol. The van der Waals surface area contributed by atoms with Gasteiger partial charge < -0.3 is 5.32 Å². The van der Waals surface area contributed by atoms with Gasteiger partial charge in [0.25, 0.3) is 5.91 Å². The molecule has 2 N–H and O–H groups in total. The molecule has 0 aliphatic carbocycles. The van der Waals surface area contributed by atoms with Gasteiger partial charge in [0.15, 0.2) is 0 Å². The lowest BCUT2D eigenvalue weighted by atomic mass is 10.1. The number of hydrazone groups is 1. The first-order valence-electron chi connectivity index (χ1n) is 7.32. The molecule has 0 unspecified atom stereocenters. The summed E-state index contributed by atoms with van der Waals surface area (Å²) < 4.78 is 0. The molecule has 5 heteroatoms. The van der Waals surface area contributed by atoms with Gasteiger partial charge in [-0.2, -0.15) is 5.10 Å². The van der Waals surface area contributed by atoms with Crippen molar-refractivity contribution < 1.29 is 4.79 Å². The zero-order valence-corrected chi connectivity index (χ0v) is 13.6. The Balaban J connectivity index is 1.61. The van der Waals surface area contributed by atoms with E-state index in [1.807, 2.05) is 54.8 Å². The molecule has 1 amide bonds. The van der Waals surface area contributed by atoms with E-state index >= 15 is 0 Å². The zero-order chi connectivity index (χ0) is 16.1. The van der Waals surface area contributed by atoms with Crippen molar-refractivity contribution in [1.29, 1.82) is 0 Å². The molecule has 0 radical (unpaired) electrons. The van der Waals surface area contributed by atoms with Crippen molar-refractivity contribution in [3.63, 3.8) is 0 Å². The van der Waals surface area contributed by atoms with E-state index in [0.717, 1.165) is 27.0 Å². The zero-order valence-electron chi connectivity index (χ0n) is 12.7. The van der Waals surface area contributed by atoms with Crippen molar-refractivity contribution in [3.8, 4) is 0 Å². The van der Waals surface area contributed by atoms with E-state index in [9.17, 15) is 4.79 Å². The molecule has 1 aromatic heterocycles. The lowest BCUT2D eigenvalue weighted by Crippen LogP contribution is -2.26. The highest BCUT2D eigenvalue weighted by Gasteiger charge is 2.04. The quantitative estimate of drug-likeness (QED) is 0.553. The summed E-state index contributed by atoms with van der Waals surface area (Å²) >= 11 is 1.60. The molecule has 0 aliphatic rings. The first kappa shape index (κ1) is 15.2. The molecule has 0 bridgehead atoms. The van der Waals surface area contributed by atoms with Crippen molar-refractivity contribution in [2.24, 2.45) is 5.10 Å². The minimum absolute atomic E-state index is 0.172. The molecule has 2 aromatic carbocycles. The summed E-state index contributed by atoms with van der Waals surface area (Å²) in [5, 5.41) is 11.5. The van der Waals surface area contributed by atoms with Crippen LogP contribution < -0.4 is 10.7 Å². The third kappa shape index (κ3) is 3.76. The van der Waals surface area contributed by atoms with Gasteiger partial charge in [0.1, 0.15) is 0 Å². The molecule has 3 rings (SSSR count). The Bertz CT molecular complexity index is 835. The lowest BCUT2D eigenvalue weighted by molar-refractivity contribution is -0.119. The number of thiophene rings is 1. The highest BCUT2D eigenvalue weighted by molar-refractivity contribution is 7.12. The number of amides is 1. The van der Waals surface area contributed by atoms with Crippen LogP contribution in [-0.2, 0) is 4.79 Å². The van der Waals surface area contributed by atoms with E-state index in [4.69, 9.17) is 0 Å². The number of carbonyl (C=O) groups excluding carboxylic acids is 1. The molecule has 0 atom stereocenters. The van der Waals surface area contributed by atoms with E-state index < -0.39 is 0 Å². The van der Waals surface area contributed by atoms with Crippen LogP contribution >= 0.6 is 11.3 Å². The van der Waals surface area contributed by atoms with Crippen molar-refractivity contribution in [1.82, 2.24) is 5.43 Å². The van der Waals surface area contributed by atoms with Gasteiger partial charge in [-0.25, -0.2) is 5.43 Å². The fourth-order valence-corrected chi connectivity index (χ4v) is 2.96. The summed E-state index contributed by atoms with van der Waals surface area (Å²) in [5.41, 5.74) is 4.33. The Morgan fingerprint density at radius 3 is 2.74 bits per heavy atom. The van der Waals surface area contributed by atoms with Gasteiger partial charge in [-0.15, -0.1) is 11.3 Å². The smallest absolute Gasteiger partial charge is 0.259 e. The molecule has 4 nitrogen and oxygen atoms in total. The largest absolute Gasteiger partial charge is 0.376 e. The molecule has 1 heterocycles. The van der Waals surface area contributed by atoms with Crippen molar-refractivity contribution >= 4 is 39.4 Å². The summed E-state index contributed by atoms with van der Waals surface area (Å²) in [7, 11) is 0. The Morgan fingerprint density at radius 1 is 1.09 bits per heavy atom. The third-order valence-corrected chi connectivity index (χ3v) is 4.43. The molecule has 0 saturated heterocycles. The molecule has 0 aliphatic heterocycles. The van der Waals surface area contributed by atoms with Crippen LogP contribution in [0.15, 0.2) is 65.1 Å². The number of rotatable bonds is 5. The van der Waals surface area contributed by atoms with E-state index in [1.165, 1.54) is 0 Å². The molecule has 0 fully saturated rings. The Morgan fingerprint density at radius 2 is 1.91 bits per heavy atom. The predicted octanol–water partition coefficient (Wildman–Crippen LogP) is 3.85. The lowest BCUT2D eigenvalue weighted by Gasteiger charge is -2.09. The summed E-state index contributed by atoms with van der Waals surface area (Å²) in [4.78, 5) is 13.0. The minimum atomic E-state index is -0.172. The Kier molecular flexibility index (Phi) is 4.68. The topological polar surface area (TPSA) is 53.5 Å². The number of nitrogens with one attached hydrogen (secondary N) is 2. The van der Waals surface area contributed by atoms with Gasteiger partial charge in [-0.05, 0) is 29.8 Å². The number of nitrogens with zero attached hydrogens (tertiary/aromatic N) is 1. The Labute approximate surface area is 138 Å². The highest BCUT2D eigenvalue weighted by Crippen LogP contribution is 2.22. The first-order valence-corrected chi connectivity index (χ1v) is 8.20. The molecule has 23 heavy (non-hydrogen) atoms. The number of hydrogen-bond donors (Lipinski definition) is 2. The van der Waals surface area contributed by atoms with Crippen LogP contribution in [0.2, 0.25) is 0 Å². The van der Waals surface area contributed by atoms with Crippen molar-refractivity contribution in [2.45, 2.75) is 6.92 Å². The Hall–Kier alpha value is -2.66. The van der Waals surface area contributed by atoms with Crippen molar-refractivity contribution in [2.75, 3.05) is 11.9 Å². The third-order valence-electron chi connectivity index (χ3n) is 3.46. The van der Waals surface area contributed by atoms with Crippen LogP contribution in [-0.4, -0.2) is 18.2 Å². The van der Waals surface area contributed by atoms with Crippen LogP contribution in [0.3, 0.4) is 0 Å². The monoisotopic (exact) mass is 323 g/mol. The second-order valence-electron chi connectivity index (χ2n) is 5.09. The van der Waals surface area contributed by atoms with Gasteiger partial charge in [-0.1, -0.05) is 42.5 Å². The van der Waals surface area contributed by atoms with Crippen molar-refractivity contribution in [3.05, 3.63) is 64.9 Å². The van der Waals surface area contributed by atoms with E-state index in [2.05, 4.69) is 28.0 Å². The van der Waals surface area contributed by atoms with Crippen LogP contribution in [0.25, 0.3) is 10.8 Å². The maximum Gasteiger partial charge on any atom is 0.259 e. The summed E-state index contributed by atoms with van der Waals surface area (Å²) in [6, 6.07) is 18.0. The fourth-order valence-electron chi connectivity index (χ4n) is 2.28. The second kappa shape index (κ2) is 7.07.